The molecule has 0 N–H and O–H groups in total. The zero-order chi connectivity index (χ0) is 15.5. The van der Waals surface area contributed by atoms with Crippen molar-refractivity contribution in [3.63, 3.8) is 0 Å². The number of carbonyl (C=O) groups excluding carboxylic acids is 1. The van der Waals surface area contributed by atoms with E-state index in [9.17, 15) is 4.79 Å². The molecule has 1 aromatic rings. The first-order chi connectivity index (χ1) is 9.96. The molecule has 0 saturated carbocycles. The number of nitrogens with zero attached hydrogens (tertiary/aromatic N) is 1. The molecule has 1 atom stereocenters. The van der Waals surface area contributed by atoms with E-state index in [2.05, 4.69) is 43.8 Å². The number of aldehydes is 1. The highest BCUT2D eigenvalue weighted by molar-refractivity contribution is 5.49. The second-order valence-corrected chi connectivity index (χ2v) is 6.91. The van der Waals surface area contributed by atoms with E-state index in [-0.39, 0.29) is 0 Å². The average molecular weight is 283 g/mol. The third-order valence-electron chi connectivity index (χ3n) is 4.45. The summed E-state index contributed by atoms with van der Waals surface area (Å²) < 4.78 is 0. The van der Waals surface area contributed by atoms with E-state index in [4.69, 9.17) is 6.42 Å². The lowest BCUT2D eigenvalue weighted by Gasteiger charge is -2.41. The van der Waals surface area contributed by atoms with Gasteiger partial charge in [-0.3, -0.25) is 4.90 Å². The molecule has 112 valence electrons. The second-order valence-electron chi connectivity index (χ2n) is 6.91. The number of rotatable bonds is 5. The van der Waals surface area contributed by atoms with Gasteiger partial charge < -0.3 is 4.79 Å². The lowest BCUT2D eigenvalue weighted by Crippen LogP contribution is -2.35. The molecule has 0 radical (unpaired) electrons. The molecule has 0 aromatic heterocycles. The Morgan fingerprint density at radius 1 is 1.48 bits per heavy atom. The maximum absolute atomic E-state index is 10.5. The smallest absolute Gasteiger partial charge is 0.120 e. The Hall–Kier alpha value is -1.59. The summed E-state index contributed by atoms with van der Waals surface area (Å²) in [6.07, 6.45) is 10.3. The molecule has 21 heavy (non-hydrogen) atoms. The quantitative estimate of drug-likeness (QED) is 0.467. The molecule has 0 amide bonds. The third kappa shape index (κ3) is 3.74. The van der Waals surface area contributed by atoms with E-state index in [0.717, 1.165) is 37.7 Å². The Morgan fingerprint density at radius 3 is 2.90 bits per heavy atom. The zero-order valence-electron chi connectivity index (χ0n) is 13.4. The summed E-state index contributed by atoms with van der Waals surface area (Å²) in [6.45, 7) is 5.60. The first-order valence-electron chi connectivity index (χ1n) is 7.70. The summed E-state index contributed by atoms with van der Waals surface area (Å²) in [5.74, 6) is 2.74. The first kappa shape index (κ1) is 15.8. The number of fused-ring (bicyclic) bond motifs is 1. The maximum atomic E-state index is 10.5. The monoisotopic (exact) mass is 283 g/mol. The molecule has 2 heteroatoms. The molecule has 0 spiro atoms. The summed E-state index contributed by atoms with van der Waals surface area (Å²) in [6, 6.07) is 6.80. The van der Waals surface area contributed by atoms with E-state index in [1.165, 1.54) is 11.1 Å². The predicted octanol–water partition coefficient (Wildman–Crippen LogP) is 3.59. The van der Waals surface area contributed by atoms with Crippen molar-refractivity contribution in [1.29, 1.82) is 0 Å². The van der Waals surface area contributed by atoms with Gasteiger partial charge in [-0.1, -0.05) is 25.8 Å². The van der Waals surface area contributed by atoms with Gasteiger partial charge in [0.1, 0.15) is 6.29 Å². The van der Waals surface area contributed by atoms with Crippen LogP contribution in [0.3, 0.4) is 0 Å². The van der Waals surface area contributed by atoms with Crippen LogP contribution in [0, 0.1) is 17.8 Å². The van der Waals surface area contributed by atoms with Crippen LogP contribution >= 0.6 is 0 Å². The van der Waals surface area contributed by atoms with Gasteiger partial charge in [0.25, 0.3) is 0 Å². The van der Waals surface area contributed by atoms with Gasteiger partial charge in [0.05, 0.1) is 0 Å². The summed E-state index contributed by atoms with van der Waals surface area (Å²) in [5, 5.41) is 0. The van der Waals surface area contributed by atoms with Crippen molar-refractivity contribution in [2.24, 2.45) is 5.41 Å². The van der Waals surface area contributed by atoms with Gasteiger partial charge in [0.15, 0.2) is 0 Å². The molecule has 1 unspecified atom stereocenters. The normalized spacial score (nSPS) is 19.9. The highest BCUT2D eigenvalue weighted by Gasteiger charge is 2.34. The molecule has 0 bridgehead atoms. The summed E-state index contributed by atoms with van der Waals surface area (Å²) >= 11 is 0. The molecule has 0 heterocycles. The Bertz CT molecular complexity index is 553. The highest BCUT2D eigenvalue weighted by atomic mass is 16.1. The van der Waals surface area contributed by atoms with Crippen molar-refractivity contribution in [2.45, 2.75) is 45.6 Å². The third-order valence-corrected chi connectivity index (χ3v) is 4.45. The molecular formula is C19H25NO. The van der Waals surface area contributed by atoms with Crippen LogP contribution in [0.2, 0.25) is 0 Å². The van der Waals surface area contributed by atoms with Gasteiger partial charge in [0.2, 0.25) is 0 Å². The highest BCUT2D eigenvalue weighted by Crippen LogP contribution is 2.43. The molecule has 2 rings (SSSR count). The van der Waals surface area contributed by atoms with Crippen LogP contribution < -0.4 is 0 Å². The van der Waals surface area contributed by atoms with Crippen molar-refractivity contribution in [1.82, 2.24) is 4.90 Å². The summed E-state index contributed by atoms with van der Waals surface area (Å²) in [7, 11) is 2.16. The fourth-order valence-electron chi connectivity index (χ4n) is 3.35. The molecule has 1 aliphatic carbocycles. The topological polar surface area (TPSA) is 20.3 Å². The van der Waals surface area contributed by atoms with Crippen LogP contribution in [-0.4, -0.2) is 24.8 Å². The van der Waals surface area contributed by atoms with Crippen molar-refractivity contribution in [3.05, 3.63) is 34.9 Å². The predicted molar refractivity (Wildman–Crippen MR) is 87.1 cm³/mol. The van der Waals surface area contributed by atoms with Gasteiger partial charge in [-0.15, -0.1) is 6.42 Å². The first-order valence-corrected chi connectivity index (χ1v) is 7.70. The van der Waals surface area contributed by atoms with Crippen molar-refractivity contribution in [2.75, 3.05) is 13.6 Å². The van der Waals surface area contributed by atoms with Crippen LogP contribution in [0.5, 0.6) is 0 Å². The zero-order valence-corrected chi connectivity index (χ0v) is 13.4. The fourth-order valence-corrected chi connectivity index (χ4v) is 3.35. The average Bonchev–Trinajstić information content (AvgIpc) is 2.45. The van der Waals surface area contributed by atoms with E-state index >= 15 is 0 Å². The molecule has 0 aliphatic heterocycles. The largest absolute Gasteiger partial charge is 0.303 e. The minimum atomic E-state index is 0.300. The van der Waals surface area contributed by atoms with Crippen molar-refractivity contribution in [3.8, 4) is 12.3 Å². The van der Waals surface area contributed by atoms with Crippen LogP contribution in [0.4, 0.5) is 0 Å². The Morgan fingerprint density at radius 2 is 2.24 bits per heavy atom. The SMILES string of the molecule is C#Cc1ccc2c(c1)C(N(C)CCCC=O)CC(C)(C)C2. The van der Waals surface area contributed by atoms with Crippen LogP contribution in [0.15, 0.2) is 18.2 Å². The van der Waals surface area contributed by atoms with E-state index in [1.807, 2.05) is 6.07 Å². The van der Waals surface area contributed by atoms with Crippen LogP contribution in [-0.2, 0) is 11.2 Å². The van der Waals surface area contributed by atoms with E-state index in [0.29, 0.717) is 17.9 Å². The molecular weight excluding hydrogens is 258 g/mol. The minimum absolute atomic E-state index is 0.300. The van der Waals surface area contributed by atoms with Crippen molar-refractivity contribution < 1.29 is 4.79 Å². The lowest BCUT2D eigenvalue weighted by molar-refractivity contribution is -0.108. The number of hydrogen-bond acceptors (Lipinski definition) is 2. The molecule has 0 fully saturated rings. The number of unbranched alkanes of at least 4 members (excludes halogenated alkanes) is 1. The Labute approximate surface area is 128 Å². The second kappa shape index (κ2) is 6.45. The van der Waals surface area contributed by atoms with Gasteiger partial charge in [-0.25, -0.2) is 0 Å². The number of terminal acetylenes is 1. The van der Waals surface area contributed by atoms with Crippen molar-refractivity contribution >= 4 is 6.29 Å². The molecule has 1 aliphatic rings. The van der Waals surface area contributed by atoms with Gasteiger partial charge in [0, 0.05) is 18.0 Å². The van der Waals surface area contributed by atoms with E-state index < -0.39 is 0 Å². The van der Waals surface area contributed by atoms with Gasteiger partial charge in [-0.05, 0) is 61.5 Å². The van der Waals surface area contributed by atoms with Gasteiger partial charge >= 0.3 is 0 Å². The summed E-state index contributed by atoms with van der Waals surface area (Å²) in [4.78, 5) is 12.9. The molecule has 0 saturated heterocycles. The fraction of sp³-hybridized carbons (Fsp3) is 0.526. The van der Waals surface area contributed by atoms with Crippen LogP contribution in [0.25, 0.3) is 0 Å². The van der Waals surface area contributed by atoms with E-state index in [1.54, 1.807) is 0 Å². The minimum Gasteiger partial charge on any atom is -0.303 e. The number of benzene rings is 1. The Kier molecular flexibility index (Phi) is 4.85. The summed E-state index contributed by atoms with van der Waals surface area (Å²) in [5.41, 5.74) is 4.05. The number of hydrogen-bond donors (Lipinski definition) is 0. The number of carbonyl (C=O) groups is 1. The molecule has 1 aromatic carbocycles. The van der Waals surface area contributed by atoms with Gasteiger partial charge in [-0.2, -0.15) is 0 Å². The standard InChI is InChI=1S/C19H25NO/c1-5-15-8-9-16-13-19(2,3)14-18(17(16)12-15)20(4)10-6-7-11-21/h1,8-9,11-12,18H,6-7,10,13-14H2,2-4H3. The molecule has 2 nitrogen and oxygen atoms in total. The lowest BCUT2D eigenvalue weighted by atomic mass is 9.71. The Balaban J connectivity index is 2.28. The van der Waals surface area contributed by atoms with Crippen LogP contribution in [0.1, 0.15) is 55.8 Å². The maximum Gasteiger partial charge on any atom is 0.120 e.